The Kier molecular flexibility index (Phi) is 6.17. The number of ketones is 1. The highest BCUT2D eigenvalue weighted by molar-refractivity contribution is 7.80. The Balaban J connectivity index is 1.91. The molecule has 0 fully saturated rings. The Bertz CT molecular complexity index is 990. The minimum Gasteiger partial charge on any atom is -0.493 e. The van der Waals surface area contributed by atoms with Crippen LogP contribution in [-0.2, 0) is 11.4 Å². The number of methoxy groups -OCH3 is 1. The summed E-state index contributed by atoms with van der Waals surface area (Å²) in [5, 5.41) is 3.75. The molecule has 0 saturated carbocycles. The second-order valence-electron chi connectivity index (χ2n) is 6.79. The first kappa shape index (κ1) is 20.8. The van der Waals surface area contributed by atoms with Crippen LogP contribution in [0.4, 0.5) is 4.39 Å². The van der Waals surface area contributed by atoms with Crippen LogP contribution in [0.25, 0.3) is 0 Å². The average molecular weight is 415 g/mol. The van der Waals surface area contributed by atoms with Crippen molar-refractivity contribution in [2.24, 2.45) is 0 Å². The number of Topliss-reactive ketones (excluding diaryl/α,β-unsaturated/α-hetero) is 1. The second kappa shape index (κ2) is 8.61. The lowest BCUT2D eigenvalue weighted by atomic mass is 9.92. The van der Waals surface area contributed by atoms with Crippen molar-refractivity contribution >= 4 is 23.1 Å². The molecule has 7 heteroatoms. The van der Waals surface area contributed by atoms with Crippen LogP contribution in [0.2, 0.25) is 0 Å². The number of rotatable bonds is 6. The Labute approximate surface area is 175 Å². The van der Waals surface area contributed by atoms with Gasteiger partial charge in [0.1, 0.15) is 12.4 Å². The standard InChI is InChI=1S/C22H23FN2O3S/c1-13-20(14(2)26)21(24-22(29)25(13)3)15-9-10-18(19(11-15)27-4)28-12-16-7-5-6-8-17(16)23/h5-11,21H,12H2,1-4H3,(H,24,29). The molecule has 1 N–H and O–H groups in total. The molecule has 2 aromatic rings. The summed E-state index contributed by atoms with van der Waals surface area (Å²) < 4.78 is 25.1. The molecule has 29 heavy (non-hydrogen) atoms. The van der Waals surface area contributed by atoms with Gasteiger partial charge in [-0.05, 0) is 49.8 Å². The van der Waals surface area contributed by atoms with Gasteiger partial charge in [-0.3, -0.25) is 4.79 Å². The van der Waals surface area contributed by atoms with Crippen LogP contribution in [0.15, 0.2) is 53.7 Å². The van der Waals surface area contributed by atoms with Gasteiger partial charge in [0.15, 0.2) is 22.4 Å². The van der Waals surface area contributed by atoms with Gasteiger partial charge in [-0.2, -0.15) is 0 Å². The molecule has 1 heterocycles. The minimum atomic E-state index is -0.384. The Morgan fingerprint density at radius 3 is 2.62 bits per heavy atom. The van der Waals surface area contributed by atoms with E-state index in [4.69, 9.17) is 21.7 Å². The van der Waals surface area contributed by atoms with Crippen molar-refractivity contribution in [1.82, 2.24) is 10.2 Å². The fraction of sp³-hybridized carbons (Fsp3) is 0.273. The number of benzene rings is 2. The van der Waals surface area contributed by atoms with E-state index in [9.17, 15) is 9.18 Å². The largest absolute Gasteiger partial charge is 0.493 e. The van der Waals surface area contributed by atoms with Crippen LogP contribution in [0.1, 0.15) is 31.0 Å². The molecule has 5 nitrogen and oxygen atoms in total. The smallest absolute Gasteiger partial charge is 0.173 e. The molecule has 1 aliphatic rings. The molecule has 1 atom stereocenters. The zero-order chi connectivity index (χ0) is 21.1. The Morgan fingerprint density at radius 2 is 1.97 bits per heavy atom. The normalized spacial score (nSPS) is 16.5. The summed E-state index contributed by atoms with van der Waals surface area (Å²) in [7, 11) is 3.36. The van der Waals surface area contributed by atoms with Gasteiger partial charge in [0.05, 0.1) is 13.2 Å². The summed E-state index contributed by atoms with van der Waals surface area (Å²) in [5.41, 5.74) is 2.73. The van der Waals surface area contributed by atoms with Gasteiger partial charge < -0.3 is 19.7 Å². The summed E-state index contributed by atoms with van der Waals surface area (Å²) in [6.07, 6.45) is 0. The van der Waals surface area contributed by atoms with Crippen LogP contribution in [0, 0.1) is 5.82 Å². The van der Waals surface area contributed by atoms with E-state index in [0.717, 1.165) is 11.3 Å². The summed E-state index contributed by atoms with van der Waals surface area (Å²) in [5.74, 6) is 0.623. The van der Waals surface area contributed by atoms with Gasteiger partial charge >= 0.3 is 0 Å². The number of hydrogen-bond donors (Lipinski definition) is 1. The summed E-state index contributed by atoms with van der Waals surface area (Å²) in [4.78, 5) is 14.1. The van der Waals surface area contributed by atoms with Crippen LogP contribution < -0.4 is 14.8 Å². The van der Waals surface area contributed by atoms with E-state index in [-0.39, 0.29) is 24.2 Å². The van der Waals surface area contributed by atoms with Gasteiger partial charge in [0.2, 0.25) is 0 Å². The van der Waals surface area contributed by atoms with Gasteiger partial charge in [0, 0.05) is 23.9 Å². The molecule has 0 amide bonds. The highest BCUT2D eigenvalue weighted by Crippen LogP contribution is 2.36. The monoisotopic (exact) mass is 414 g/mol. The molecule has 3 rings (SSSR count). The van der Waals surface area contributed by atoms with Crippen LogP contribution in [-0.4, -0.2) is 30.0 Å². The van der Waals surface area contributed by atoms with Crippen molar-refractivity contribution in [2.75, 3.05) is 14.2 Å². The van der Waals surface area contributed by atoms with E-state index >= 15 is 0 Å². The summed E-state index contributed by atoms with van der Waals surface area (Å²) >= 11 is 5.39. The SMILES string of the molecule is COc1cc(C2NC(=S)N(C)C(C)=C2C(C)=O)ccc1OCc1ccccc1F. The third kappa shape index (κ3) is 4.24. The fourth-order valence-electron chi connectivity index (χ4n) is 3.30. The quantitative estimate of drug-likeness (QED) is 0.717. The third-order valence-electron chi connectivity index (χ3n) is 5.00. The van der Waals surface area contributed by atoms with E-state index < -0.39 is 0 Å². The molecule has 0 spiro atoms. The Morgan fingerprint density at radius 1 is 1.24 bits per heavy atom. The van der Waals surface area contributed by atoms with Crippen molar-refractivity contribution < 1.29 is 18.7 Å². The highest BCUT2D eigenvalue weighted by Gasteiger charge is 2.31. The number of thiocarbonyl (C=S) groups is 1. The molecule has 0 aliphatic carbocycles. The van der Waals surface area contributed by atoms with Gasteiger partial charge in [-0.15, -0.1) is 0 Å². The van der Waals surface area contributed by atoms with E-state index in [1.807, 2.05) is 20.0 Å². The molecule has 0 aromatic heterocycles. The van der Waals surface area contributed by atoms with E-state index in [1.165, 1.54) is 13.2 Å². The molecular weight excluding hydrogens is 391 g/mol. The first-order valence-corrected chi connectivity index (χ1v) is 9.54. The number of allylic oxidation sites excluding steroid dienone is 1. The lowest BCUT2D eigenvalue weighted by Gasteiger charge is -2.35. The third-order valence-corrected chi connectivity index (χ3v) is 5.39. The number of halogens is 1. The summed E-state index contributed by atoms with van der Waals surface area (Å²) in [6.45, 7) is 3.50. The van der Waals surface area contributed by atoms with E-state index in [0.29, 0.717) is 27.7 Å². The molecule has 0 radical (unpaired) electrons. The van der Waals surface area contributed by atoms with Crippen molar-refractivity contribution in [2.45, 2.75) is 26.5 Å². The first-order valence-electron chi connectivity index (χ1n) is 9.13. The lowest BCUT2D eigenvalue weighted by Crippen LogP contribution is -2.45. The fourth-order valence-corrected chi connectivity index (χ4v) is 3.55. The number of carbonyl (C=O) groups is 1. The average Bonchev–Trinajstić information content (AvgIpc) is 2.70. The Hall–Kier alpha value is -2.93. The number of hydrogen-bond acceptors (Lipinski definition) is 4. The van der Waals surface area contributed by atoms with Crippen molar-refractivity contribution in [3.63, 3.8) is 0 Å². The van der Waals surface area contributed by atoms with Gasteiger partial charge in [-0.25, -0.2) is 4.39 Å². The van der Waals surface area contributed by atoms with E-state index in [2.05, 4.69) is 5.32 Å². The predicted molar refractivity (Wildman–Crippen MR) is 113 cm³/mol. The first-order chi connectivity index (χ1) is 13.8. The van der Waals surface area contributed by atoms with E-state index in [1.54, 1.807) is 42.2 Å². The molecule has 0 bridgehead atoms. The number of ether oxygens (including phenoxy) is 2. The molecular formula is C22H23FN2O3S. The number of nitrogens with zero attached hydrogens (tertiary/aromatic N) is 1. The summed E-state index contributed by atoms with van der Waals surface area (Å²) in [6, 6.07) is 11.5. The molecule has 2 aromatic carbocycles. The van der Waals surface area contributed by atoms with Crippen LogP contribution in [0.3, 0.4) is 0 Å². The number of nitrogens with one attached hydrogen (secondary N) is 1. The van der Waals surface area contributed by atoms with Crippen molar-refractivity contribution in [3.8, 4) is 11.5 Å². The number of carbonyl (C=O) groups excluding carboxylic acids is 1. The highest BCUT2D eigenvalue weighted by atomic mass is 32.1. The predicted octanol–water partition coefficient (Wildman–Crippen LogP) is 4.14. The van der Waals surface area contributed by atoms with Gasteiger partial charge in [0.25, 0.3) is 0 Å². The zero-order valence-electron chi connectivity index (χ0n) is 16.8. The molecule has 1 unspecified atom stereocenters. The maximum atomic E-state index is 13.8. The topological polar surface area (TPSA) is 50.8 Å². The minimum absolute atomic E-state index is 0.0341. The van der Waals surface area contributed by atoms with Crippen molar-refractivity contribution in [3.05, 3.63) is 70.7 Å². The molecule has 152 valence electrons. The van der Waals surface area contributed by atoms with Crippen LogP contribution in [0.5, 0.6) is 11.5 Å². The van der Waals surface area contributed by atoms with Crippen LogP contribution >= 0.6 is 12.2 Å². The van der Waals surface area contributed by atoms with Crippen molar-refractivity contribution in [1.29, 1.82) is 0 Å². The maximum Gasteiger partial charge on any atom is 0.173 e. The molecule has 0 saturated heterocycles. The maximum absolute atomic E-state index is 13.8. The second-order valence-corrected chi connectivity index (χ2v) is 7.17. The lowest BCUT2D eigenvalue weighted by molar-refractivity contribution is -0.114. The van der Waals surface area contributed by atoms with Gasteiger partial charge in [-0.1, -0.05) is 24.3 Å². The molecule has 1 aliphatic heterocycles. The zero-order valence-corrected chi connectivity index (χ0v) is 17.6.